The predicted molar refractivity (Wildman–Crippen MR) is 110 cm³/mol. The number of hydrogen-bond donors (Lipinski definition) is 0. The molecule has 0 aliphatic rings. The Morgan fingerprint density at radius 2 is 1.39 bits per heavy atom. The van der Waals surface area contributed by atoms with Crippen LogP contribution >= 0.6 is 0 Å². The Labute approximate surface area is 164 Å². The Balaban J connectivity index is 1.72. The van der Waals surface area contributed by atoms with E-state index in [1.807, 2.05) is 54.0 Å². The first-order valence-electron chi connectivity index (χ1n) is 9.01. The number of hydrogen-bond acceptors (Lipinski definition) is 4. The van der Waals surface area contributed by atoms with Crippen LogP contribution in [-0.2, 0) is 0 Å². The Morgan fingerprint density at radius 3 is 2.07 bits per heavy atom. The van der Waals surface area contributed by atoms with Crippen molar-refractivity contribution in [2.24, 2.45) is 0 Å². The molecule has 0 saturated heterocycles. The molecule has 0 aliphatic heterocycles. The number of ether oxygens (including phenoxy) is 2. The average Bonchev–Trinajstić information content (AvgIpc) is 3.15. The van der Waals surface area contributed by atoms with Crippen LogP contribution < -0.4 is 9.47 Å². The SMILES string of the molecule is COc1ccc(-n2c(C)nnc2-c2ccc(-c3ccccc3OC)cc2)cc1. The minimum Gasteiger partial charge on any atom is -0.497 e. The average molecular weight is 371 g/mol. The van der Waals surface area contributed by atoms with Crippen LogP contribution in [0.15, 0.2) is 72.8 Å². The van der Waals surface area contributed by atoms with E-state index in [1.165, 1.54) is 0 Å². The standard InChI is InChI=1S/C23H21N3O2/c1-16-24-25-23(26(16)19-12-14-20(27-2)15-13-19)18-10-8-17(9-11-18)21-6-4-5-7-22(21)28-3/h4-15H,1-3H3. The number of para-hydroxylation sites is 1. The zero-order valence-electron chi connectivity index (χ0n) is 16.1. The lowest BCUT2D eigenvalue weighted by Gasteiger charge is -2.11. The van der Waals surface area contributed by atoms with Crippen molar-refractivity contribution in [1.29, 1.82) is 0 Å². The monoisotopic (exact) mass is 371 g/mol. The van der Waals surface area contributed by atoms with E-state index in [0.29, 0.717) is 0 Å². The topological polar surface area (TPSA) is 49.2 Å². The molecule has 0 radical (unpaired) electrons. The van der Waals surface area contributed by atoms with Crippen LogP contribution in [0.1, 0.15) is 5.82 Å². The zero-order valence-corrected chi connectivity index (χ0v) is 16.1. The molecule has 1 aromatic heterocycles. The lowest BCUT2D eigenvalue weighted by molar-refractivity contribution is 0.414. The number of benzene rings is 3. The number of methoxy groups -OCH3 is 2. The van der Waals surface area contributed by atoms with Gasteiger partial charge in [-0.3, -0.25) is 4.57 Å². The van der Waals surface area contributed by atoms with Crippen molar-refractivity contribution in [2.45, 2.75) is 6.92 Å². The van der Waals surface area contributed by atoms with Crippen molar-refractivity contribution in [1.82, 2.24) is 14.8 Å². The van der Waals surface area contributed by atoms with Crippen molar-refractivity contribution in [3.63, 3.8) is 0 Å². The third-order valence-corrected chi connectivity index (χ3v) is 4.72. The molecule has 140 valence electrons. The number of nitrogens with zero attached hydrogens (tertiary/aromatic N) is 3. The summed E-state index contributed by atoms with van der Waals surface area (Å²) in [6.07, 6.45) is 0. The summed E-state index contributed by atoms with van der Waals surface area (Å²) in [7, 11) is 3.35. The van der Waals surface area contributed by atoms with Crippen LogP contribution in [-0.4, -0.2) is 29.0 Å². The van der Waals surface area contributed by atoms with Gasteiger partial charge in [0.25, 0.3) is 0 Å². The maximum Gasteiger partial charge on any atom is 0.168 e. The summed E-state index contributed by atoms with van der Waals surface area (Å²) in [4.78, 5) is 0. The van der Waals surface area contributed by atoms with Gasteiger partial charge in [0.15, 0.2) is 5.82 Å². The van der Waals surface area contributed by atoms with Gasteiger partial charge in [-0.1, -0.05) is 42.5 Å². The van der Waals surface area contributed by atoms with Gasteiger partial charge in [-0.15, -0.1) is 10.2 Å². The lowest BCUT2D eigenvalue weighted by atomic mass is 10.0. The second-order valence-corrected chi connectivity index (χ2v) is 6.38. The summed E-state index contributed by atoms with van der Waals surface area (Å²) in [6.45, 7) is 1.95. The fraction of sp³-hybridized carbons (Fsp3) is 0.130. The maximum atomic E-state index is 5.48. The molecule has 0 N–H and O–H groups in total. The molecule has 0 fully saturated rings. The van der Waals surface area contributed by atoms with Gasteiger partial charge < -0.3 is 9.47 Å². The van der Waals surface area contributed by atoms with Gasteiger partial charge in [-0.2, -0.15) is 0 Å². The Hall–Kier alpha value is -3.60. The summed E-state index contributed by atoms with van der Waals surface area (Å²) in [6, 6.07) is 24.1. The fourth-order valence-electron chi connectivity index (χ4n) is 3.27. The molecule has 0 unspecified atom stereocenters. The number of aryl methyl sites for hydroxylation is 1. The molecule has 3 aromatic carbocycles. The first-order valence-corrected chi connectivity index (χ1v) is 9.01. The first kappa shape index (κ1) is 17.8. The highest BCUT2D eigenvalue weighted by Crippen LogP contribution is 2.31. The summed E-state index contributed by atoms with van der Waals surface area (Å²) in [5.74, 6) is 3.30. The number of aromatic nitrogens is 3. The van der Waals surface area contributed by atoms with E-state index in [2.05, 4.69) is 40.5 Å². The molecule has 0 amide bonds. The van der Waals surface area contributed by atoms with E-state index >= 15 is 0 Å². The minimum absolute atomic E-state index is 0.800. The normalized spacial score (nSPS) is 10.7. The highest BCUT2D eigenvalue weighted by molar-refractivity contribution is 5.73. The fourth-order valence-corrected chi connectivity index (χ4v) is 3.27. The highest BCUT2D eigenvalue weighted by atomic mass is 16.5. The Kier molecular flexibility index (Phi) is 4.81. The van der Waals surface area contributed by atoms with E-state index in [-0.39, 0.29) is 0 Å². The summed E-state index contributed by atoms with van der Waals surface area (Å²) in [5, 5.41) is 8.68. The van der Waals surface area contributed by atoms with Crippen LogP contribution in [0, 0.1) is 6.92 Å². The summed E-state index contributed by atoms with van der Waals surface area (Å²) >= 11 is 0. The molecule has 0 aliphatic carbocycles. The second-order valence-electron chi connectivity index (χ2n) is 6.38. The molecule has 1 heterocycles. The molecule has 0 saturated carbocycles. The smallest absolute Gasteiger partial charge is 0.168 e. The highest BCUT2D eigenvalue weighted by Gasteiger charge is 2.14. The number of rotatable bonds is 5. The maximum absolute atomic E-state index is 5.48. The van der Waals surface area contributed by atoms with Crippen LogP contribution in [0.25, 0.3) is 28.2 Å². The molecule has 4 aromatic rings. The van der Waals surface area contributed by atoms with Gasteiger partial charge in [-0.25, -0.2) is 0 Å². The molecular weight excluding hydrogens is 350 g/mol. The van der Waals surface area contributed by atoms with E-state index < -0.39 is 0 Å². The lowest BCUT2D eigenvalue weighted by Crippen LogP contribution is -2.00. The largest absolute Gasteiger partial charge is 0.497 e. The van der Waals surface area contributed by atoms with E-state index in [4.69, 9.17) is 9.47 Å². The summed E-state index contributed by atoms with van der Waals surface area (Å²) < 4.78 is 12.8. The molecule has 4 rings (SSSR count). The molecule has 5 nitrogen and oxygen atoms in total. The van der Waals surface area contributed by atoms with Crippen molar-refractivity contribution >= 4 is 0 Å². The van der Waals surface area contributed by atoms with Crippen LogP contribution in [0.2, 0.25) is 0 Å². The van der Waals surface area contributed by atoms with Gasteiger partial charge in [0.2, 0.25) is 0 Å². The van der Waals surface area contributed by atoms with E-state index in [0.717, 1.165) is 45.5 Å². The van der Waals surface area contributed by atoms with Crippen molar-refractivity contribution in [3.8, 4) is 39.7 Å². The van der Waals surface area contributed by atoms with Crippen LogP contribution in [0.4, 0.5) is 0 Å². The molecule has 5 heteroatoms. The van der Waals surface area contributed by atoms with Crippen LogP contribution in [0.3, 0.4) is 0 Å². The van der Waals surface area contributed by atoms with Gasteiger partial charge in [0.05, 0.1) is 14.2 Å². The molecule has 0 bridgehead atoms. The van der Waals surface area contributed by atoms with Gasteiger partial charge >= 0.3 is 0 Å². The summed E-state index contributed by atoms with van der Waals surface area (Å²) in [5.41, 5.74) is 4.14. The van der Waals surface area contributed by atoms with E-state index in [9.17, 15) is 0 Å². The first-order chi connectivity index (χ1) is 13.7. The van der Waals surface area contributed by atoms with Gasteiger partial charge in [0.1, 0.15) is 17.3 Å². The molecule has 0 spiro atoms. The molecule has 28 heavy (non-hydrogen) atoms. The zero-order chi connectivity index (χ0) is 19.5. The predicted octanol–water partition coefficient (Wildman–Crippen LogP) is 4.93. The minimum atomic E-state index is 0.800. The van der Waals surface area contributed by atoms with Crippen molar-refractivity contribution < 1.29 is 9.47 Å². The third kappa shape index (κ3) is 3.22. The Bertz CT molecular complexity index is 1080. The molecular formula is C23H21N3O2. The quantitative estimate of drug-likeness (QED) is 0.499. The van der Waals surface area contributed by atoms with Crippen molar-refractivity contribution in [2.75, 3.05) is 14.2 Å². The van der Waals surface area contributed by atoms with Gasteiger partial charge in [-0.05, 0) is 42.8 Å². The van der Waals surface area contributed by atoms with Crippen LogP contribution in [0.5, 0.6) is 11.5 Å². The van der Waals surface area contributed by atoms with E-state index in [1.54, 1.807) is 14.2 Å². The van der Waals surface area contributed by atoms with Crippen molar-refractivity contribution in [3.05, 3.63) is 78.6 Å². The third-order valence-electron chi connectivity index (χ3n) is 4.72. The molecule has 0 atom stereocenters. The second kappa shape index (κ2) is 7.56. The van der Waals surface area contributed by atoms with Gasteiger partial charge in [0, 0.05) is 16.8 Å². The Morgan fingerprint density at radius 1 is 0.714 bits per heavy atom.